The first kappa shape index (κ1) is 23.8. The molecule has 1 saturated heterocycles. The van der Waals surface area contributed by atoms with Gasteiger partial charge in [-0.25, -0.2) is 14.3 Å². The van der Waals surface area contributed by atoms with Gasteiger partial charge in [0.2, 0.25) is 5.91 Å². The average molecular weight is 479 g/mol. The van der Waals surface area contributed by atoms with Gasteiger partial charge in [-0.3, -0.25) is 4.79 Å². The Bertz CT molecular complexity index is 1230. The van der Waals surface area contributed by atoms with Crippen molar-refractivity contribution in [2.24, 2.45) is 0 Å². The van der Waals surface area contributed by atoms with Crippen molar-refractivity contribution in [3.05, 3.63) is 65.5 Å². The molecule has 182 valence electrons. The third-order valence-electron chi connectivity index (χ3n) is 5.91. The molecule has 35 heavy (non-hydrogen) atoms. The van der Waals surface area contributed by atoms with Crippen LogP contribution in [-0.4, -0.2) is 58.0 Å². The van der Waals surface area contributed by atoms with Crippen molar-refractivity contribution < 1.29 is 29.3 Å². The molecule has 2 aromatic carbocycles. The fraction of sp³-hybridized carbons (Fsp3) is 0.280. The summed E-state index contributed by atoms with van der Waals surface area (Å²) in [5.41, 5.74) is 1.64. The highest BCUT2D eigenvalue weighted by Crippen LogP contribution is 2.24. The summed E-state index contributed by atoms with van der Waals surface area (Å²) in [7, 11) is 1.51. The largest absolute Gasteiger partial charge is 0.497 e. The summed E-state index contributed by atoms with van der Waals surface area (Å²) in [6.45, 7) is 0.997. The fourth-order valence-electron chi connectivity index (χ4n) is 4.16. The van der Waals surface area contributed by atoms with Crippen LogP contribution >= 0.6 is 0 Å². The first-order valence-corrected chi connectivity index (χ1v) is 11.3. The van der Waals surface area contributed by atoms with E-state index in [1.165, 1.54) is 7.11 Å². The lowest BCUT2D eigenvalue weighted by Crippen LogP contribution is -2.35. The number of carboxylic acids is 2. The molecule has 4 rings (SSSR count). The van der Waals surface area contributed by atoms with Crippen LogP contribution in [0.15, 0.2) is 48.5 Å². The maximum Gasteiger partial charge on any atom is 0.356 e. The van der Waals surface area contributed by atoms with Crippen LogP contribution in [0.1, 0.15) is 45.8 Å². The molecule has 3 aromatic rings. The Morgan fingerprint density at radius 3 is 2.29 bits per heavy atom. The monoisotopic (exact) mass is 478 g/mol. The Kier molecular flexibility index (Phi) is 7.00. The van der Waals surface area contributed by atoms with E-state index in [2.05, 4.69) is 10.4 Å². The molecule has 1 fully saturated rings. The molecule has 1 amide bonds. The second-order valence-corrected chi connectivity index (χ2v) is 8.12. The Balaban J connectivity index is 1.52. The van der Waals surface area contributed by atoms with E-state index in [9.17, 15) is 24.6 Å². The van der Waals surface area contributed by atoms with Gasteiger partial charge in [0.25, 0.3) is 0 Å². The van der Waals surface area contributed by atoms with E-state index in [1.54, 1.807) is 29.2 Å². The predicted molar refractivity (Wildman–Crippen MR) is 129 cm³/mol. The molecular weight excluding hydrogens is 452 g/mol. The number of hydrogen-bond donors (Lipinski definition) is 3. The number of benzene rings is 2. The molecule has 1 aliphatic heterocycles. The van der Waals surface area contributed by atoms with Crippen molar-refractivity contribution in [1.82, 2.24) is 9.78 Å². The number of ether oxygens (including phenoxy) is 1. The summed E-state index contributed by atoms with van der Waals surface area (Å²) < 4.78 is 6.25. The lowest BCUT2D eigenvalue weighted by Gasteiger charge is -2.26. The number of anilines is 2. The zero-order valence-electron chi connectivity index (χ0n) is 19.2. The molecule has 1 aromatic heterocycles. The molecule has 0 spiro atoms. The molecule has 0 atom stereocenters. The first-order chi connectivity index (χ1) is 16.9. The van der Waals surface area contributed by atoms with E-state index in [0.29, 0.717) is 24.4 Å². The summed E-state index contributed by atoms with van der Waals surface area (Å²) in [6, 6.07) is 13.9. The van der Waals surface area contributed by atoms with Crippen molar-refractivity contribution in [3.8, 4) is 11.4 Å². The van der Waals surface area contributed by atoms with Gasteiger partial charge in [-0.15, -0.1) is 0 Å². The van der Waals surface area contributed by atoms with Gasteiger partial charge in [-0.2, -0.15) is 5.10 Å². The van der Waals surface area contributed by atoms with Gasteiger partial charge in [0.05, 0.1) is 12.8 Å². The van der Waals surface area contributed by atoms with E-state index in [0.717, 1.165) is 28.9 Å². The van der Waals surface area contributed by atoms with Crippen LogP contribution in [0.25, 0.3) is 5.69 Å². The zero-order chi connectivity index (χ0) is 24.9. The standard InChI is InChI=1S/C25H26N4O6/c1-35-19-11-9-18(10-12-19)29-23(25(33)34)20(22(27-29)24(31)32)13-14-26-16-5-7-17(8-6-16)28-15-3-2-4-21(28)30/h5-12,26H,2-4,13-15H2,1H3,(H,31,32)(H,33,34). The molecule has 0 saturated carbocycles. The summed E-state index contributed by atoms with van der Waals surface area (Å²) in [5.74, 6) is -1.87. The number of piperidine rings is 1. The van der Waals surface area contributed by atoms with Crippen LogP contribution in [0.4, 0.5) is 11.4 Å². The molecule has 0 radical (unpaired) electrons. The van der Waals surface area contributed by atoms with Crippen LogP contribution in [-0.2, 0) is 11.2 Å². The highest BCUT2D eigenvalue weighted by Gasteiger charge is 2.27. The van der Waals surface area contributed by atoms with Gasteiger partial charge in [-0.05, 0) is 67.8 Å². The van der Waals surface area contributed by atoms with Gasteiger partial charge >= 0.3 is 11.9 Å². The highest BCUT2D eigenvalue weighted by molar-refractivity contribution is 5.95. The van der Waals surface area contributed by atoms with Gasteiger partial charge in [-0.1, -0.05) is 0 Å². The molecule has 0 aliphatic carbocycles. The number of aromatic carboxylic acids is 2. The number of carboxylic acid groups (broad SMARTS) is 2. The van der Waals surface area contributed by atoms with Crippen molar-refractivity contribution in [1.29, 1.82) is 0 Å². The normalized spacial score (nSPS) is 13.5. The SMILES string of the molecule is COc1ccc(-n2nc(C(=O)O)c(CCNc3ccc(N4CCCCC4=O)cc3)c2C(=O)O)cc1. The predicted octanol–water partition coefficient (Wildman–Crippen LogP) is 3.45. The molecule has 10 heteroatoms. The van der Waals surface area contributed by atoms with Crippen molar-refractivity contribution in [2.75, 3.05) is 30.4 Å². The van der Waals surface area contributed by atoms with E-state index in [1.807, 2.05) is 24.3 Å². The Hall–Kier alpha value is -4.34. The zero-order valence-corrected chi connectivity index (χ0v) is 19.2. The molecule has 2 heterocycles. The van der Waals surface area contributed by atoms with Gasteiger partial charge < -0.3 is 25.2 Å². The minimum atomic E-state index is -1.30. The summed E-state index contributed by atoms with van der Waals surface area (Å²) in [4.78, 5) is 37.8. The first-order valence-electron chi connectivity index (χ1n) is 11.3. The van der Waals surface area contributed by atoms with E-state index >= 15 is 0 Å². The molecule has 10 nitrogen and oxygen atoms in total. The van der Waals surface area contributed by atoms with E-state index < -0.39 is 11.9 Å². The third kappa shape index (κ3) is 5.11. The second kappa shape index (κ2) is 10.3. The van der Waals surface area contributed by atoms with Crippen molar-refractivity contribution in [2.45, 2.75) is 25.7 Å². The maximum atomic E-state index is 12.1. The van der Waals surface area contributed by atoms with Crippen LogP contribution in [0, 0.1) is 0 Å². The van der Waals surface area contributed by atoms with E-state index in [-0.39, 0.29) is 35.8 Å². The molecule has 1 aliphatic rings. The number of methoxy groups -OCH3 is 1. The average Bonchev–Trinajstić information content (AvgIpc) is 3.25. The summed E-state index contributed by atoms with van der Waals surface area (Å²) in [5, 5.41) is 26.8. The number of amides is 1. The van der Waals surface area contributed by atoms with Crippen LogP contribution in [0.5, 0.6) is 5.75 Å². The quantitative estimate of drug-likeness (QED) is 0.426. The molecule has 3 N–H and O–H groups in total. The minimum absolute atomic E-state index is 0.119. The fourth-order valence-corrected chi connectivity index (χ4v) is 4.16. The number of rotatable bonds is 9. The molecule has 0 bridgehead atoms. The van der Waals surface area contributed by atoms with Crippen molar-refractivity contribution in [3.63, 3.8) is 0 Å². The maximum absolute atomic E-state index is 12.1. The number of aromatic nitrogens is 2. The number of nitrogens with zero attached hydrogens (tertiary/aromatic N) is 3. The van der Waals surface area contributed by atoms with E-state index in [4.69, 9.17) is 4.74 Å². The van der Waals surface area contributed by atoms with Crippen LogP contribution in [0.2, 0.25) is 0 Å². The van der Waals surface area contributed by atoms with Gasteiger partial charge in [0.1, 0.15) is 5.75 Å². The number of hydrogen-bond acceptors (Lipinski definition) is 6. The lowest BCUT2D eigenvalue weighted by molar-refractivity contribution is -0.119. The van der Waals surface area contributed by atoms with Crippen LogP contribution < -0.4 is 15.0 Å². The summed E-state index contributed by atoms with van der Waals surface area (Å²) in [6.07, 6.45) is 2.59. The van der Waals surface area contributed by atoms with Crippen molar-refractivity contribution >= 4 is 29.2 Å². The number of carbonyl (C=O) groups excluding carboxylic acids is 1. The number of carbonyl (C=O) groups is 3. The molecular formula is C25H26N4O6. The highest BCUT2D eigenvalue weighted by atomic mass is 16.5. The lowest BCUT2D eigenvalue weighted by atomic mass is 10.1. The second-order valence-electron chi connectivity index (χ2n) is 8.12. The smallest absolute Gasteiger partial charge is 0.356 e. The Morgan fingerprint density at radius 2 is 1.69 bits per heavy atom. The summed E-state index contributed by atoms with van der Waals surface area (Å²) >= 11 is 0. The van der Waals surface area contributed by atoms with Crippen LogP contribution in [0.3, 0.4) is 0 Å². The Labute approximate surface area is 201 Å². The minimum Gasteiger partial charge on any atom is -0.497 e. The third-order valence-corrected chi connectivity index (χ3v) is 5.91. The van der Waals surface area contributed by atoms with Gasteiger partial charge in [0, 0.05) is 36.4 Å². The van der Waals surface area contributed by atoms with Gasteiger partial charge in [0.15, 0.2) is 11.4 Å². The number of nitrogens with one attached hydrogen (secondary N) is 1. The topological polar surface area (TPSA) is 134 Å². The molecule has 0 unspecified atom stereocenters. The Morgan fingerprint density at radius 1 is 1.00 bits per heavy atom.